The highest BCUT2D eigenvalue weighted by Crippen LogP contribution is 2.45. The Balaban J connectivity index is 0.000000280. The van der Waals surface area contributed by atoms with Gasteiger partial charge >= 0.3 is 0 Å². The van der Waals surface area contributed by atoms with Crippen molar-refractivity contribution in [2.24, 2.45) is 0 Å². The van der Waals surface area contributed by atoms with E-state index in [1.54, 1.807) is 0 Å². The Morgan fingerprint density at radius 1 is 0.606 bits per heavy atom. The fourth-order valence-corrected chi connectivity index (χ4v) is 4.35. The molecule has 33 heavy (non-hydrogen) atoms. The van der Waals surface area contributed by atoms with Gasteiger partial charge in [-0.1, -0.05) is 72.8 Å². The second-order valence-corrected chi connectivity index (χ2v) is 7.94. The molecule has 0 atom stereocenters. The van der Waals surface area contributed by atoms with E-state index in [0.717, 1.165) is 17.9 Å². The van der Waals surface area contributed by atoms with Gasteiger partial charge in [0.25, 0.3) is 0 Å². The molecule has 0 unspecified atom stereocenters. The number of anilines is 3. The van der Waals surface area contributed by atoms with Crippen molar-refractivity contribution in [1.29, 1.82) is 0 Å². The molecule has 4 heteroatoms. The molecule has 0 saturated heterocycles. The smallest absolute Gasteiger partial charge is 0.0422 e. The third-order valence-electron chi connectivity index (χ3n) is 5.77. The first-order valence-corrected chi connectivity index (χ1v) is 10.7. The van der Waals surface area contributed by atoms with E-state index in [1.807, 2.05) is 42.5 Å². The van der Waals surface area contributed by atoms with Gasteiger partial charge in [-0.3, -0.25) is 0 Å². The van der Waals surface area contributed by atoms with Gasteiger partial charge in [0.05, 0.1) is 0 Å². The lowest BCUT2D eigenvalue weighted by Gasteiger charge is -2.16. The standard InChI is InChI=1S/C23H18N2.C6H7N.H3N/c24-18-8-5-7-16(13-18)22-17-12-15-6-1-2-9-19(15)23(22)20-10-3-4-11-21(20)25-14-17;7-6-4-2-1-3-5-6;/h1-13,25H,14,24H2;1-5H,7H2;1H3. The lowest BCUT2D eigenvalue weighted by atomic mass is 9.86. The fraction of sp³-hybridized carbons (Fsp3) is 0.0345. The van der Waals surface area contributed by atoms with Gasteiger partial charge in [0.2, 0.25) is 0 Å². The molecule has 0 aliphatic carbocycles. The molecule has 6 rings (SSSR count). The molecule has 0 spiro atoms. The maximum absolute atomic E-state index is 6.09. The molecule has 4 nitrogen and oxygen atoms in total. The first kappa shape index (κ1) is 21.9. The summed E-state index contributed by atoms with van der Waals surface area (Å²) < 4.78 is 0. The SMILES string of the molecule is N.Nc1cccc(-c2c3cc4ccccc4c2-c2ccccc2NC3)c1.Nc1ccccc1. The first-order valence-electron chi connectivity index (χ1n) is 10.7. The van der Waals surface area contributed by atoms with Gasteiger partial charge in [-0.05, 0) is 69.4 Å². The van der Waals surface area contributed by atoms with E-state index in [-0.39, 0.29) is 6.15 Å². The number of hydrogen-bond acceptors (Lipinski definition) is 4. The van der Waals surface area contributed by atoms with Crippen molar-refractivity contribution in [2.45, 2.75) is 6.54 Å². The molecule has 1 aliphatic heterocycles. The van der Waals surface area contributed by atoms with Crippen LogP contribution in [-0.2, 0) is 6.54 Å². The minimum absolute atomic E-state index is 0. The molecule has 1 heterocycles. The van der Waals surface area contributed by atoms with Crippen LogP contribution in [0.25, 0.3) is 33.0 Å². The molecular formula is C29H28N4. The average Bonchev–Trinajstić information content (AvgIpc) is 2.94. The minimum atomic E-state index is 0. The average molecular weight is 433 g/mol. The largest absolute Gasteiger partial charge is 0.399 e. The highest BCUT2D eigenvalue weighted by atomic mass is 14.9. The van der Waals surface area contributed by atoms with Crippen LogP contribution in [0, 0.1) is 0 Å². The molecule has 0 aromatic heterocycles. The summed E-state index contributed by atoms with van der Waals surface area (Å²) in [4.78, 5) is 0. The Kier molecular flexibility index (Phi) is 6.29. The van der Waals surface area contributed by atoms with E-state index in [1.165, 1.54) is 44.3 Å². The number of para-hydroxylation sites is 2. The maximum Gasteiger partial charge on any atom is 0.0422 e. The predicted molar refractivity (Wildman–Crippen MR) is 142 cm³/mol. The summed E-state index contributed by atoms with van der Waals surface area (Å²) in [5, 5.41) is 6.16. The molecule has 0 amide bonds. The zero-order valence-corrected chi connectivity index (χ0v) is 18.5. The zero-order valence-electron chi connectivity index (χ0n) is 18.5. The Morgan fingerprint density at radius 3 is 2.06 bits per heavy atom. The van der Waals surface area contributed by atoms with E-state index in [2.05, 4.69) is 72.0 Å². The number of nitrogens with one attached hydrogen (secondary N) is 1. The maximum atomic E-state index is 6.09. The van der Waals surface area contributed by atoms with Crippen LogP contribution in [0.2, 0.25) is 0 Å². The van der Waals surface area contributed by atoms with Crippen molar-refractivity contribution in [3.05, 3.63) is 115 Å². The Morgan fingerprint density at radius 2 is 1.30 bits per heavy atom. The van der Waals surface area contributed by atoms with E-state index < -0.39 is 0 Å². The molecule has 2 bridgehead atoms. The van der Waals surface area contributed by atoms with Crippen molar-refractivity contribution in [3.8, 4) is 22.3 Å². The topological polar surface area (TPSA) is 99.1 Å². The number of fused-ring (bicyclic) bond motifs is 6. The summed E-state index contributed by atoms with van der Waals surface area (Å²) in [5.41, 5.74) is 20.5. The summed E-state index contributed by atoms with van der Waals surface area (Å²) in [6.07, 6.45) is 0. The minimum Gasteiger partial charge on any atom is -0.399 e. The number of benzene rings is 5. The van der Waals surface area contributed by atoms with Crippen LogP contribution in [-0.4, -0.2) is 0 Å². The molecule has 0 fully saturated rings. The third-order valence-corrected chi connectivity index (χ3v) is 5.77. The lowest BCUT2D eigenvalue weighted by Crippen LogP contribution is -1.99. The van der Waals surface area contributed by atoms with Gasteiger partial charge < -0.3 is 22.9 Å². The highest BCUT2D eigenvalue weighted by molar-refractivity contribution is 6.08. The number of hydrogen-bond donors (Lipinski definition) is 4. The van der Waals surface area contributed by atoms with Crippen LogP contribution < -0.4 is 22.9 Å². The van der Waals surface area contributed by atoms with Crippen LogP contribution in [0.4, 0.5) is 17.1 Å². The van der Waals surface area contributed by atoms with Crippen LogP contribution in [0.3, 0.4) is 0 Å². The quantitative estimate of drug-likeness (QED) is 0.212. The van der Waals surface area contributed by atoms with E-state index in [0.29, 0.717) is 0 Å². The summed E-state index contributed by atoms with van der Waals surface area (Å²) in [6, 6.07) is 37.2. The molecule has 164 valence electrons. The second-order valence-electron chi connectivity index (χ2n) is 7.94. The van der Waals surface area contributed by atoms with E-state index in [4.69, 9.17) is 11.5 Å². The van der Waals surface area contributed by atoms with Crippen LogP contribution in [0.15, 0.2) is 109 Å². The summed E-state index contributed by atoms with van der Waals surface area (Å²) in [5.74, 6) is 0. The predicted octanol–water partition coefficient (Wildman–Crippen LogP) is 7.11. The van der Waals surface area contributed by atoms with Crippen LogP contribution in [0.5, 0.6) is 0 Å². The summed E-state index contributed by atoms with van der Waals surface area (Å²) >= 11 is 0. The summed E-state index contributed by atoms with van der Waals surface area (Å²) in [6.45, 7) is 0.805. The normalized spacial score (nSPS) is 11.2. The van der Waals surface area contributed by atoms with Crippen molar-refractivity contribution in [2.75, 3.05) is 16.8 Å². The third kappa shape index (κ3) is 4.38. The Hall–Kier alpha value is -4.28. The number of rotatable bonds is 1. The second kappa shape index (κ2) is 9.47. The van der Waals surface area contributed by atoms with Gasteiger partial charge in [-0.2, -0.15) is 0 Å². The number of nitrogens with two attached hydrogens (primary N) is 2. The molecular weight excluding hydrogens is 404 g/mol. The van der Waals surface area contributed by atoms with E-state index in [9.17, 15) is 0 Å². The van der Waals surface area contributed by atoms with Gasteiger partial charge in [-0.15, -0.1) is 0 Å². The van der Waals surface area contributed by atoms with Gasteiger partial charge in [0, 0.05) is 29.2 Å². The van der Waals surface area contributed by atoms with Crippen LogP contribution >= 0.6 is 0 Å². The molecule has 8 N–H and O–H groups in total. The lowest BCUT2D eigenvalue weighted by molar-refractivity contribution is 1.17. The fourth-order valence-electron chi connectivity index (χ4n) is 4.35. The van der Waals surface area contributed by atoms with Crippen molar-refractivity contribution < 1.29 is 0 Å². The first-order chi connectivity index (χ1) is 15.7. The Bertz CT molecular complexity index is 1390. The van der Waals surface area contributed by atoms with Crippen molar-refractivity contribution in [1.82, 2.24) is 6.15 Å². The molecule has 5 aromatic rings. The van der Waals surface area contributed by atoms with Crippen molar-refractivity contribution >= 4 is 27.8 Å². The van der Waals surface area contributed by atoms with E-state index >= 15 is 0 Å². The van der Waals surface area contributed by atoms with Gasteiger partial charge in [0.1, 0.15) is 0 Å². The van der Waals surface area contributed by atoms with Crippen LogP contribution in [0.1, 0.15) is 5.56 Å². The summed E-state index contributed by atoms with van der Waals surface area (Å²) in [7, 11) is 0. The highest BCUT2D eigenvalue weighted by Gasteiger charge is 2.21. The van der Waals surface area contributed by atoms with Gasteiger partial charge in [0.15, 0.2) is 0 Å². The monoisotopic (exact) mass is 432 g/mol. The Labute approximate surface area is 194 Å². The van der Waals surface area contributed by atoms with Crippen molar-refractivity contribution in [3.63, 3.8) is 0 Å². The molecule has 5 aromatic carbocycles. The van der Waals surface area contributed by atoms with Gasteiger partial charge in [-0.25, -0.2) is 0 Å². The molecule has 0 radical (unpaired) electrons. The zero-order chi connectivity index (χ0) is 21.9. The number of nitrogen functional groups attached to an aromatic ring is 2. The molecule has 0 saturated carbocycles. The molecule has 1 aliphatic rings.